The topological polar surface area (TPSA) is 72.5 Å². The van der Waals surface area contributed by atoms with Gasteiger partial charge in [0.2, 0.25) is 5.91 Å². The van der Waals surface area contributed by atoms with E-state index in [1.165, 1.54) is 6.07 Å². The number of rotatable bonds is 5. The normalized spacial score (nSPS) is 16.2. The molecule has 0 saturated heterocycles. The van der Waals surface area contributed by atoms with E-state index < -0.39 is 21.8 Å². The number of nitrogens with one attached hydrogen (secondary N) is 1. The highest BCUT2D eigenvalue weighted by Gasteiger charge is 2.33. The van der Waals surface area contributed by atoms with E-state index in [0.717, 1.165) is 39.6 Å². The van der Waals surface area contributed by atoms with Crippen molar-refractivity contribution in [1.29, 1.82) is 0 Å². The summed E-state index contributed by atoms with van der Waals surface area (Å²) in [5, 5.41) is 1.39. The second kappa shape index (κ2) is 8.63. The van der Waals surface area contributed by atoms with Gasteiger partial charge in [0.25, 0.3) is 10.0 Å². The van der Waals surface area contributed by atoms with Crippen molar-refractivity contribution in [2.45, 2.75) is 50.0 Å². The number of fused-ring (bicyclic) bond motifs is 2. The van der Waals surface area contributed by atoms with Crippen LogP contribution in [0.25, 0.3) is 10.8 Å². The first-order chi connectivity index (χ1) is 14.8. The molecule has 1 aliphatic rings. The average Bonchev–Trinajstić information content (AvgIpc) is 2.74. The number of carbonyl (C=O) groups excluding carboxylic acids is 1. The van der Waals surface area contributed by atoms with Crippen molar-refractivity contribution in [3.05, 3.63) is 70.2 Å². The Balaban J connectivity index is 1.69. The molecule has 0 bridgehead atoms. The number of hydrogen-bond acceptors (Lipinski definition) is 4. The maximum absolute atomic E-state index is 13.2. The third kappa shape index (κ3) is 4.34. The van der Waals surface area contributed by atoms with Gasteiger partial charge in [0.1, 0.15) is 5.75 Å². The summed E-state index contributed by atoms with van der Waals surface area (Å²) in [6, 6.07) is 16.1. The van der Waals surface area contributed by atoms with Crippen molar-refractivity contribution in [3.63, 3.8) is 0 Å². The standard InChI is InChI=1S/C24H24BrNO4S/c1-15(2)30-21-14-13-20(25)23-18(21)10-6-11-19(23)24(27)26-31(28,29)22-12-5-8-16-7-3-4-9-17(16)22/h3-5,7-9,12-15,19H,6,10-11H2,1-2H3,(H,26,27). The molecule has 0 aromatic heterocycles. The van der Waals surface area contributed by atoms with Crippen molar-refractivity contribution in [2.24, 2.45) is 0 Å². The van der Waals surface area contributed by atoms with Gasteiger partial charge in [-0.15, -0.1) is 0 Å². The maximum atomic E-state index is 13.2. The molecule has 1 atom stereocenters. The molecule has 0 saturated carbocycles. The van der Waals surface area contributed by atoms with E-state index in [-0.39, 0.29) is 11.0 Å². The molecule has 1 aliphatic carbocycles. The molecule has 0 spiro atoms. The van der Waals surface area contributed by atoms with E-state index in [9.17, 15) is 13.2 Å². The summed E-state index contributed by atoms with van der Waals surface area (Å²) in [4.78, 5) is 13.3. The molecule has 0 heterocycles. The van der Waals surface area contributed by atoms with E-state index in [4.69, 9.17) is 4.74 Å². The summed E-state index contributed by atoms with van der Waals surface area (Å²) in [5.41, 5.74) is 1.78. The Morgan fingerprint density at radius 2 is 1.84 bits per heavy atom. The zero-order chi connectivity index (χ0) is 22.2. The number of ether oxygens (including phenoxy) is 1. The van der Waals surface area contributed by atoms with Crippen LogP contribution in [0.15, 0.2) is 64.0 Å². The van der Waals surface area contributed by atoms with E-state index in [0.29, 0.717) is 11.8 Å². The lowest BCUT2D eigenvalue weighted by atomic mass is 9.82. The van der Waals surface area contributed by atoms with Gasteiger partial charge in [0.15, 0.2) is 0 Å². The third-order valence-electron chi connectivity index (χ3n) is 5.48. The highest BCUT2D eigenvalue weighted by atomic mass is 79.9. The monoisotopic (exact) mass is 501 g/mol. The second-order valence-corrected chi connectivity index (χ2v) is 10.5. The quantitative estimate of drug-likeness (QED) is 0.513. The molecule has 1 N–H and O–H groups in total. The highest BCUT2D eigenvalue weighted by Crippen LogP contribution is 2.41. The highest BCUT2D eigenvalue weighted by molar-refractivity contribution is 9.10. The summed E-state index contributed by atoms with van der Waals surface area (Å²) >= 11 is 3.56. The van der Waals surface area contributed by atoms with Gasteiger partial charge in [0, 0.05) is 9.86 Å². The summed E-state index contributed by atoms with van der Waals surface area (Å²) in [6.07, 6.45) is 2.15. The van der Waals surface area contributed by atoms with Gasteiger partial charge in [-0.1, -0.05) is 52.3 Å². The zero-order valence-corrected chi connectivity index (χ0v) is 19.8. The van der Waals surface area contributed by atoms with E-state index in [1.54, 1.807) is 18.2 Å². The predicted molar refractivity (Wildman–Crippen MR) is 125 cm³/mol. The van der Waals surface area contributed by atoms with Crippen LogP contribution >= 0.6 is 15.9 Å². The Hall–Kier alpha value is -2.38. The molecular weight excluding hydrogens is 478 g/mol. The Bertz CT molecular complexity index is 1250. The fourth-order valence-corrected chi connectivity index (χ4v) is 6.09. The summed E-state index contributed by atoms with van der Waals surface area (Å²) in [7, 11) is -4.03. The van der Waals surface area contributed by atoms with Crippen LogP contribution in [-0.4, -0.2) is 20.4 Å². The third-order valence-corrected chi connectivity index (χ3v) is 7.58. The number of sulfonamides is 1. The largest absolute Gasteiger partial charge is 0.491 e. The van der Waals surface area contributed by atoms with Crippen LogP contribution < -0.4 is 9.46 Å². The van der Waals surface area contributed by atoms with Crippen molar-refractivity contribution in [1.82, 2.24) is 4.72 Å². The molecule has 1 unspecified atom stereocenters. The van der Waals surface area contributed by atoms with Gasteiger partial charge in [-0.05, 0) is 67.8 Å². The first kappa shape index (κ1) is 21.8. The SMILES string of the molecule is CC(C)Oc1ccc(Br)c2c1CCCC2C(=O)NS(=O)(=O)c1cccc2ccccc12. The van der Waals surface area contributed by atoms with Crippen molar-refractivity contribution >= 4 is 42.6 Å². The van der Waals surface area contributed by atoms with Gasteiger partial charge < -0.3 is 4.74 Å². The van der Waals surface area contributed by atoms with Crippen LogP contribution in [0.4, 0.5) is 0 Å². The van der Waals surface area contributed by atoms with Crippen LogP contribution in [0.2, 0.25) is 0 Å². The molecule has 162 valence electrons. The van der Waals surface area contributed by atoms with Crippen LogP contribution in [0, 0.1) is 0 Å². The van der Waals surface area contributed by atoms with E-state index in [1.807, 2.05) is 44.2 Å². The first-order valence-electron chi connectivity index (χ1n) is 10.3. The minimum atomic E-state index is -4.03. The summed E-state index contributed by atoms with van der Waals surface area (Å²) < 4.78 is 35.4. The molecular formula is C24H24BrNO4S. The maximum Gasteiger partial charge on any atom is 0.264 e. The molecule has 3 aromatic carbocycles. The fraction of sp³-hybridized carbons (Fsp3) is 0.292. The van der Waals surface area contributed by atoms with Gasteiger partial charge >= 0.3 is 0 Å². The molecule has 0 fully saturated rings. The molecule has 0 aliphatic heterocycles. The molecule has 5 nitrogen and oxygen atoms in total. The van der Waals surface area contributed by atoms with Crippen molar-refractivity contribution in [3.8, 4) is 5.75 Å². The molecule has 4 rings (SSSR count). The van der Waals surface area contributed by atoms with Crippen LogP contribution in [-0.2, 0) is 21.2 Å². The zero-order valence-electron chi connectivity index (χ0n) is 17.4. The smallest absolute Gasteiger partial charge is 0.264 e. The van der Waals surface area contributed by atoms with Gasteiger partial charge in [-0.25, -0.2) is 13.1 Å². The molecule has 31 heavy (non-hydrogen) atoms. The summed E-state index contributed by atoms with van der Waals surface area (Å²) in [6.45, 7) is 3.91. The Morgan fingerprint density at radius 3 is 2.61 bits per heavy atom. The number of halogens is 1. The van der Waals surface area contributed by atoms with Crippen molar-refractivity contribution in [2.75, 3.05) is 0 Å². The number of benzene rings is 3. The van der Waals surface area contributed by atoms with Gasteiger partial charge in [0.05, 0.1) is 16.9 Å². The number of hydrogen-bond donors (Lipinski definition) is 1. The molecule has 3 aromatic rings. The number of carbonyl (C=O) groups is 1. The molecule has 1 amide bonds. The second-order valence-electron chi connectivity index (χ2n) is 8.00. The van der Waals surface area contributed by atoms with Gasteiger partial charge in [-0.3, -0.25) is 4.79 Å². The Labute approximate surface area is 191 Å². The predicted octanol–water partition coefficient (Wildman–Crippen LogP) is 5.31. The molecule has 0 radical (unpaired) electrons. The minimum Gasteiger partial charge on any atom is -0.491 e. The van der Waals surface area contributed by atoms with E-state index >= 15 is 0 Å². The lowest BCUT2D eigenvalue weighted by Gasteiger charge is -2.28. The van der Waals surface area contributed by atoms with E-state index in [2.05, 4.69) is 20.7 Å². The minimum absolute atomic E-state index is 0.00576. The van der Waals surface area contributed by atoms with Crippen LogP contribution in [0.5, 0.6) is 5.75 Å². The lowest BCUT2D eigenvalue weighted by molar-refractivity contribution is -0.121. The number of amides is 1. The van der Waals surface area contributed by atoms with Crippen molar-refractivity contribution < 1.29 is 17.9 Å². The Morgan fingerprint density at radius 1 is 1.10 bits per heavy atom. The van der Waals surface area contributed by atoms with Crippen LogP contribution in [0.1, 0.15) is 43.7 Å². The first-order valence-corrected chi connectivity index (χ1v) is 12.6. The Kier molecular flexibility index (Phi) is 6.08. The lowest BCUT2D eigenvalue weighted by Crippen LogP contribution is -2.36. The van der Waals surface area contributed by atoms with Gasteiger partial charge in [-0.2, -0.15) is 0 Å². The van der Waals surface area contributed by atoms with Crippen LogP contribution in [0.3, 0.4) is 0 Å². The summed E-state index contributed by atoms with van der Waals surface area (Å²) in [5.74, 6) is -0.336. The molecule has 7 heteroatoms. The average molecular weight is 502 g/mol. The fourth-order valence-electron chi connectivity index (χ4n) is 4.19.